The van der Waals surface area contributed by atoms with Crippen molar-refractivity contribution in [2.45, 2.75) is 26.1 Å². The van der Waals surface area contributed by atoms with Crippen molar-refractivity contribution in [3.63, 3.8) is 0 Å². The molecule has 1 amide bonds. The lowest BCUT2D eigenvalue weighted by Crippen LogP contribution is -2.39. The summed E-state index contributed by atoms with van der Waals surface area (Å²) in [6, 6.07) is 4.53. The molecular formula is C17H17ClFN3OS. The molecule has 2 aliphatic rings. The second-order valence-corrected chi connectivity index (χ2v) is 7.53. The van der Waals surface area contributed by atoms with Crippen LogP contribution < -0.4 is 10.6 Å². The first-order valence-corrected chi connectivity index (χ1v) is 9.16. The zero-order valence-electron chi connectivity index (χ0n) is 13.2. The minimum Gasteiger partial charge on any atom is -0.352 e. The number of likely N-dealkylation sites (N-methyl/N-ethyl adjacent to an activating group) is 1. The molecule has 0 aliphatic carbocycles. The van der Waals surface area contributed by atoms with Gasteiger partial charge in [-0.1, -0.05) is 24.6 Å². The lowest BCUT2D eigenvalue weighted by Gasteiger charge is -2.28. The number of anilines is 1. The predicted octanol–water partition coefficient (Wildman–Crippen LogP) is 3.77. The number of hydrogen-bond acceptors (Lipinski definition) is 4. The molecule has 0 spiro atoms. The number of nitrogens with zero attached hydrogens (tertiary/aromatic N) is 1. The Morgan fingerprint density at radius 2 is 2.25 bits per heavy atom. The third kappa shape index (κ3) is 2.49. The number of halogens is 2. The van der Waals surface area contributed by atoms with Crippen molar-refractivity contribution in [3.8, 4) is 0 Å². The molecule has 0 saturated heterocycles. The van der Waals surface area contributed by atoms with Crippen molar-refractivity contribution in [3.05, 3.63) is 50.6 Å². The van der Waals surface area contributed by atoms with Crippen LogP contribution in [0.4, 0.5) is 9.39 Å². The van der Waals surface area contributed by atoms with Crippen LogP contribution in [0.25, 0.3) is 0 Å². The molecule has 2 aromatic rings. The third-order valence-electron chi connectivity index (χ3n) is 4.65. The molecule has 0 unspecified atom stereocenters. The van der Waals surface area contributed by atoms with Crippen LogP contribution in [0.3, 0.4) is 0 Å². The van der Waals surface area contributed by atoms with Crippen LogP contribution in [-0.4, -0.2) is 23.9 Å². The third-order valence-corrected chi connectivity index (χ3v) is 6.13. The highest BCUT2D eigenvalue weighted by Crippen LogP contribution is 2.41. The summed E-state index contributed by atoms with van der Waals surface area (Å²) in [7, 11) is 0. The summed E-state index contributed by atoms with van der Waals surface area (Å²) in [5, 5.41) is 7.22. The van der Waals surface area contributed by atoms with Gasteiger partial charge in [0.1, 0.15) is 17.0 Å². The monoisotopic (exact) mass is 365 g/mol. The van der Waals surface area contributed by atoms with Gasteiger partial charge in [-0.3, -0.25) is 9.69 Å². The van der Waals surface area contributed by atoms with Crippen LogP contribution in [0.15, 0.2) is 18.2 Å². The van der Waals surface area contributed by atoms with E-state index in [0.717, 1.165) is 42.2 Å². The van der Waals surface area contributed by atoms with E-state index < -0.39 is 12.0 Å². The maximum atomic E-state index is 14.2. The van der Waals surface area contributed by atoms with Gasteiger partial charge >= 0.3 is 0 Å². The predicted molar refractivity (Wildman–Crippen MR) is 94.2 cm³/mol. The van der Waals surface area contributed by atoms with Crippen molar-refractivity contribution >= 4 is 33.8 Å². The molecular weight excluding hydrogens is 349 g/mol. The molecule has 0 fully saturated rings. The highest BCUT2D eigenvalue weighted by atomic mass is 35.5. The average molecular weight is 366 g/mol. The van der Waals surface area contributed by atoms with Gasteiger partial charge in [-0.25, -0.2) is 4.39 Å². The lowest BCUT2D eigenvalue weighted by atomic mass is 10.0. The van der Waals surface area contributed by atoms with Gasteiger partial charge in [0.25, 0.3) is 5.91 Å². The first-order chi connectivity index (χ1) is 11.6. The van der Waals surface area contributed by atoms with Crippen LogP contribution in [-0.2, 0) is 13.0 Å². The molecule has 0 bridgehead atoms. The molecule has 1 aromatic heterocycles. The number of nitrogens with one attached hydrogen (secondary N) is 2. The smallest absolute Gasteiger partial charge is 0.256 e. The van der Waals surface area contributed by atoms with Gasteiger partial charge < -0.3 is 10.6 Å². The van der Waals surface area contributed by atoms with E-state index in [1.54, 1.807) is 23.5 Å². The molecule has 4 rings (SSSR count). The van der Waals surface area contributed by atoms with Crippen LogP contribution in [0.1, 0.15) is 39.5 Å². The first kappa shape index (κ1) is 15.9. The van der Waals surface area contributed by atoms with Crippen molar-refractivity contribution in [1.29, 1.82) is 0 Å². The second-order valence-electron chi connectivity index (χ2n) is 6.01. The Bertz CT molecular complexity index is 802. The lowest BCUT2D eigenvalue weighted by molar-refractivity contribution is 0.0934. The average Bonchev–Trinajstić information content (AvgIpc) is 2.92. The summed E-state index contributed by atoms with van der Waals surface area (Å²) in [6.45, 7) is 4.96. The fourth-order valence-electron chi connectivity index (χ4n) is 3.37. The Kier molecular flexibility index (Phi) is 3.98. The van der Waals surface area contributed by atoms with Gasteiger partial charge in [0.05, 0.1) is 10.6 Å². The van der Waals surface area contributed by atoms with Crippen LogP contribution >= 0.6 is 22.9 Å². The molecule has 2 aliphatic heterocycles. The van der Waals surface area contributed by atoms with E-state index in [0.29, 0.717) is 5.02 Å². The van der Waals surface area contributed by atoms with E-state index >= 15 is 0 Å². The summed E-state index contributed by atoms with van der Waals surface area (Å²) in [4.78, 5) is 16.2. The van der Waals surface area contributed by atoms with E-state index in [-0.39, 0.29) is 11.5 Å². The van der Waals surface area contributed by atoms with Gasteiger partial charge in [-0.2, -0.15) is 0 Å². The van der Waals surface area contributed by atoms with E-state index in [1.165, 1.54) is 10.9 Å². The molecule has 1 atom stereocenters. The molecule has 0 saturated carbocycles. The summed E-state index contributed by atoms with van der Waals surface area (Å²) in [5.74, 6) is -0.585. The van der Waals surface area contributed by atoms with Gasteiger partial charge in [0.2, 0.25) is 0 Å². The maximum Gasteiger partial charge on any atom is 0.256 e. The molecule has 7 heteroatoms. The quantitative estimate of drug-likeness (QED) is 0.851. The zero-order chi connectivity index (χ0) is 16.8. The number of hydrogen-bond donors (Lipinski definition) is 2. The topological polar surface area (TPSA) is 44.4 Å². The van der Waals surface area contributed by atoms with Crippen LogP contribution in [0, 0.1) is 5.82 Å². The molecule has 24 heavy (non-hydrogen) atoms. The van der Waals surface area contributed by atoms with Crippen molar-refractivity contribution in [1.82, 2.24) is 10.2 Å². The summed E-state index contributed by atoms with van der Waals surface area (Å²) >= 11 is 7.73. The number of amides is 1. The maximum absolute atomic E-state index is 14.2. The Balaban J connectivity index is 1.71. The Morgan fingerprint density at radius 3 is 3.00 bits per heavy atom. The van der Waals surface area contributed by atoms with Crippen molar-refractivity contribution in [2.24, 2.45) is 0 Å². The van der Waals surface area contributed by atoms with E-state index in [2.05, 4.69) is 22.5 Å². The Labute approximate surface area is 148 Å². The fourth-order valence-corrected chi connectivity index (χ4v) is 4.96. The number of carbonyl (C=O) groups excluding carboxylic acids is 1. The SMILES string of the molecule is CCN1CCc2c(sc3c2C(=O)N[C@@H](c2c(F)cccc2Cl)N3)C1. The minimum absolute atomic E-state index is 0.157. The zero-order valence-corrected chi connectivity index (χ0v) is 14.7. The number of carbonyl (C=O) groups is 1. The highest BCUT2D eigenvalue weighted by molar-refractivity contribution is 7.16. The largest absolute Gasteiger partial charge is 0.352 e. The normalized spacial score (nSPS) is 20.1. The number of fused-ring (bicyclic) bond motifs is 3. The summed E-state index contributed by atoms with van der Waals surface area (Å²) in [5.41, 5.74) is 2.12. The highest BCUT2D eigenvalue weighted by Gasteiger charge is 2.34. The van der Waals surface area contributed by atoms with Crippen molar-refractivity contribution < 1.29 is 9.18 Å². The van der Waals surface area contributed by atoms with Gasteiger partial charge in [0, 0.05) is 23.5 Å². The molecule has 2 N–H and O–H groups in total. The molecule has 1 aromatic carbocycles. The van der Waals surface area contributed by atoms with E-state index in [1.807, 2.05) is 0 Å². The van der Waals surface area contributed by atoms with Gasteiger partial charge in [-0.15, -0.1) is 11.3 Å². The molecule has 0 radical (unpaired) electrons. The van der Waals surface area contributed by atoms with E-state index in [9.17, 15) is 9.18 Å². The number of rotatable bonds is 2. The first-order valence-electron chi connectivity index (χ1n) is 7.96. The molecule has 4 nitrogen and oxygen atoms in total. The second kappa shape index (κ2) is 6.02. The Morgan fingerprint density at radius 1 is 1.42 bits per heavy atom. The Hall–Kier alpha value is -1.63. The fraction of sp³-hybridized carbons (Fsp3) is 0.353. The molecule has 126 valence electrons. The van der Waals surface area contributed by atoms with Gasteiger partial charge in [0.15, 0.2) is 0 Å². The summed E-state index contributed by atoms with van der Waals surface area (Å²) < 4.78 is 14.2. The molecule has 3 heterocycles. The van der Waals surface area contributed by atoms with E-state index in [4.69, 9.17) is 11.6 Å². The number of benzene rings is 1. The number of thiophene rings is 1. The van der Waals surface area contributed by atoms with Crippen molar-refractivity contribution in [2.75, 3.05) is 18.4 Å². The van der Waals surface area contributed by atoms with Crippen LogP contribution in [0.2, 0.25) is 5.02 Å². The standard InChI is InChI=1S/C17H17ClFN3OS/c1-2-22-7-6-9-12(8-22)24-17-13(9)16(23)20-15(21-17)14-10(18)4-3-5-11(14)19/h3-5,15,21H,2,6-8H2,1H3,(H,20,23)/t15-/m1/s1. The summed E-state index contributed by atoms with van der Waals surface area (Å²) in [6.07, 6.45) is 0.218. The minimum atomic E-state index is -0.652. The van der Waals surface area contributed by atoms with Gasteiger partial charge in [-0.05, 0) is 30.7 Å². The van der Waals surface area contributed by atoms with Crippen LogP contribution in [0.5, 0.6) is 0 Å².